The molecule has 1 aromatic heterocycles. The molecule has 2 aromatic rings. The molecule has 2 N–H and O–H groups in total. The van der Waals surface area contributed by atoms with Crippen LogP contribution in [0.25, 0.3) is 11.0 Å². The van der Waals surface area contributed by atoms with Crippen LogP contribution < -0.4 is 5.73 Å². The summed E-state index contributed by atoms with van der Waals surface area (Å²) in [6, 6.07) is 4.36. The largest absolute Gasteiger partial charge is 0.369 e. The van der Waals surface area contributed by atoms with E-state index in [1.54, 1.807) is 0 Å². The van der Waals surface area contributed by atoms with Crippen LogP contribution in [-0.2, 0) is 16.4 Å². The van der Waals surface area contributed by atoms with Crippen molar-refractivity contribution in [2.45, 2.75) is 17.9 Å². The molecule has 0 aliphatic heterocycles. The number of fused-ring (bicyclic) bond motifs is 1. The van der Waals surface area contributed by atoms with Gasteiger partial charge >= 0.3 is 0 Å². The Morgan fingerprint density at radius 3 is 2.67 bits per heavy atom. The van der Waals surface area contributed by atoms with Crippen molar-refractivity contribution in [2.24, 2.45) is 0 Å². The Morgan fingerprint density at radius 2 is 2.11 bits per heavy atom. The first kappa shape index (κ1) is 12.7. The molecule has 1 heterocycles. The number of nitrogens with two attached hydrogens (primary N) is 1. The highest BCUT2D eigenvalue weighted by Gasteiger charge is 2.18. The predicted octanol–water partition coefficient (Wildman–Crippen LogP) is 1.29. The van der Waals surface area contributed by atoms with E-state index in [1.807, 2.05) is 0 Å². The minimum Gasteiger partial charge on any atom is -0.369 e. The summed E-state index contributed by atoms with van der Waals surface area (Å²) in [6.07, 6.45) is -1.56. The maximum atomic E-state index is 12.4. The number of rotatable bonds is 3. The van der Waals surface area contributed by atoms with Crippen molar-refractivity contribution in [2.75, 3.05) is 12.0 Å². The number of nitrogen functional groups attached to an aromatic ring is 1. The van der Waals surface area contributed by atoms with Crippen molar-refractivity contribution in [3.63, 3.8) is 0 Å². The first-order chi connectivity index (χ1) is 8.30. The van der Waals surface area contributed by atoms with Crippen LogP contribution in [0.5, 0.6) is 0 Å². The summed E-state index contributed by atoms with van der Waals surface area (Å²) in [6.45, 7) is -0.616. The van der Waals surface area contributed by atoms with Crippen LogP contribution in [0, 0.1) is 0 Å². The van der Waals surface area contributed by atoms with Gasteiger partial charge in [-0.3, -0.25) is 0 Å². The molecule has 0 unspecified atom stereocenters. The van der Waals surface area contributed by atoms with Crippen LogP contribution in [0.3, 0.4) is 0 Å². The Hall–Kier alpha value is -1.70. The van der Waals surface area contributed by atoms with Gasteiger partial charge in [0.2, 0.25) is 5.95 Å². The van der Waals surface area contributed by atoms with E-state index in [1.165, 1.54) is 18.2 Å². The summed E-state index contributed by atoms with van der Waals surface area (Å²) in [4.78, 5) is 3.85. The van der Waals surface area contributed by atoms with E-state index in [0.717, 1.165) is 10.8 Å². The third kappa shape index (κ3) is 2.15. The van der Waals surface area contributed by atoms with E-state index in [0.29, 0.717) is 0 Å². The highest BCUT2D eigenvalue weighted by atomic mass is 32.2. The molecule has 5 nitrogen and oxygen atoms in total. The molecule has 0 radical (unpaired) electrons. The number of hydrogen-bond donors (Lipinski definition) is 1. The van der Waals surface area contributed by atoms with Crippen LogP contribution in [0.1, 0.15) is 0 Å². The molecule has 18 heavy (non-hydrogen) atoms. The van der Waals surface area contributed by atoms with Crippen LogP contribution in [0.4, 0.5) is 14.7 Å². The number of halogens is 2. The fourth-order valence-electron chi connectivity index (χ4n) is 1.77. The molecular weight excluding hydrogens is 264 g/mol. The average molecular weight is 275 g/mol. The highest BCUT2D eigenvalue weighted by Crippen LogP contribution is 2.25. The number of aromatic nitrogens is 2. The molecule has 1 aromatic carbocycles. The van der Waals surface area contributed by atoms with Gasteiger partial charge in [0.25, 0.3) is 6.43 Å². The lowest BCUT2D eigenvalue weighted by Crippen LogP contribution is -2.09. The lowest BCUT2D eigenvalue weighted by molar-refractivity contribution is 0.128. The second-order valence-corrected chi connectivity index (χ2v) is 5.85. The van der Waals surface area contributed by atoms with E-state index < -0.39 is 22.8 Å². The molecule has 0 bridgehead atoms. The Bertz CT molecular complexity index is 694. The van der Waals surface area contributed by atoms with Crippen molar-refractivity contribution >= 4 is 26.8 Å². The van der Waals surface area contributed by atoms with E-state index in [-0.39, 0.29) is 21.9 Å². The molecule has 8 heteroatoms. The zero-order valence-corrected chi connectivity index (χ0v) is 10.3. The lowest BCUT2D eigenvalue weighted by Gasteiger charge is -2.05. The number of nitrogens with zero attached hydrogens (tertiary/aromatic N) is 2. The van der Waals surface area contributed by atoms with Crippen molar-refractivity contribution in [3.8, 4) is 0 Å². The summed E-state index contributed by atoms with van der Waals surface area (Å²) in [5.74, 6) is -0.124. The van der Waals surface area contributed by atoms with Crippen molar-refractivity contribution in [3.05, 3.63) is 18.2 Å². The molecule has 0 fully saturated rings. The van der Waals surface area contributed by atoms with Gasteiger partial charge in [-0.1, -0.05) is 6.07 Å². The summed E-state index contributed by atoms with van der Waals surface area (Å²) in [7, 11) is -3.48. The number of imidazole rings is 1. The second-order valence-electron chi connectivity index (χ2n) is 3.87. The van der Waals surface area contributed by atoms with Crippen molar-refractivity contribution < 1.29 is 17.2 Å². The van der Waals surface area contributed by atoms with E-state index in [4.69, 9.17) is 5.73 Å². The number of benzene rings is 1. The highest BCUT2D eigenvalue weighted by molar-refractivity contribution is 7.91. The topological polar surface area (TPSA) is 78.0 Å². The van der Waals surface area contributed by atoms with Gasteiger partial charge in [-0.15, -0.1) is 0 Å². The molecule has 98 valence electrons. The first-order valence-electron chi connectivity index (χ1n) is 5.03. The van der Waals surface area contributed by atoms with Gasteiger partial charge in [0.15, 0.2) is 9.84 Å². The third-order valence-electron chi connectivity index (χ3n) is 2.49. The maximum Gasteiger partial charge on any atom is 0.256 e. The quantitative estimate of drug-likeness (QED) is 0.915. The molecule has 0 saturated heterocycles. The number of anilines is 1. The van der Waals surface area contributed by atoms with Crippen LogP contribution in [0.2, 0.25) is 0 Å². The summed E-state index contributed by atoms with van der Waals surface area (Å²) in [5.41, 5.74) is 5.95. The Labute approximate surface area is 102 Å². The molecule has 0 atom stereocenters. The SMILES string of the molecule is CS(=O)(=O)c1cccc2c1nc(N)n2CC(F)F. The predicted molar refractivity (Wildman–Crippen MR) is 63.3 cm³/mol. The minimum atomic E-state index is -3.48. The molecular formula is C10H11F2N3O2S. The first-order valence-corrected chi connectivity index (χ1v) is 6.93. The number of alkyl halides is 2. The van der Waals surface area contributed by atoms with Crippen LogP contribution in [-0.4, -0.2) is 30.7 Å². The fraction of sp³-hybridized carbons (Fsp3) is 0.300. The van der Waals surface area contributed by atoms with Gasteiger partial charge in [-0.25, -0.2) is 22.2 Å². The van der Waals surface area contributed by atoms with Gasteiger partial charge in [-0.2, -0.15) is 0 Å². The Morgan fingerprint density at radius 1 is 1.44 bits per heavy atom. The van der Waals surface area contributed by atoms with E-state index >= 15 is 0 Å². The van der Waals surface area contributed by atoms with Crippen molar-refractivity contribution in [1.29, 1.82) is 0 Å². The average Bonchev–Trinajstić information content (AvgIpc) is 2.53. The zero-order chi connectivity index (χ0) is 13.5. The monoisotopic (exact) mass is 275 g/mol. The number of para-hydroxylation sites is 1. The Kier molecular flexibility index (Phi) is 2.97. The van der Waals surface area contributed by atoms with Crippen LogP contribution in [0.15, 0.2) is 23.1 Å². The number of hydrogen-bond acceptors (Lipinski definition) is 4. The minimum absolute atomic E-state index is 0.0142. The van der Waals surface area contributed by atoms with Crippen molar-refractivity contribution in [1.82, 2.24) is 9.55 Å². The summed E-state index contributed by atoms with van der Waals surface area (Å²) in [5, 5.41) is 0. The normalized spacial score (nSPS) is 12.4. The molecule has 0 spiro atoms. The van der Waals surface area contributed by atoms with Gasteiger partial charge in [0, 0.05) is 6.26 Å². The molecule has 2 rings (SSSR count). The Balaban J connectivity index is 2.75. The molecule has 0 amide bonds. The number of sulfone groups is 1. The van der Waals surface area contributed by atoms with Gasteiger partial charge in [0.05, 0.1) is 17.0 Å². The fourth-order valence-corrected chi connectivity index (χ4v) is 2.60. The molecule has 0 aliphatic carbocycles. The lowest BCUT2D eigenvalue weighted by atomic mass is 10.3. The smallest absolute Gasteiger partial charge is 0.256 e. The van der Waals surface area contributed by atoms with Gasteiger partial charge < -0.3 is 10.3 Å². The molecule has 0 saturated carbocycles. The van der Waals surface area contributed by atoms with Gasteiger partial charge in [-0.05, 0) is 12.1 Å². The van der Waals surface area contributed by atoms with Crippen LogP contribution >= 0.6 is 0 Å². The van der Waals surface area contributed by atoms with E-state index in [9.17, 15) is 17.2 Å². The van der Waals surface area contributed by atoms with E-state index in [2.05, 4.69) is 4.98 Å². The standard InChI is InChI=1S/C10H11F2N3O2S/c1-18(16,17)7-4-2-3-6-9(7)14-10(13)15(6)5-8(11)12/h2-4,8H,5H2,1H3,(H2,13,14). The zero-order valence-electron chi connectivity index (χ0n) is 9.47. The maximum absolute atomic E-state index is 12.4. The summed E-state index contributed by atoms with van der Waals surface area (Å²) < 4.78 is 49.0. The summed E-state index contributed by atoms with van der Waals surface area (Å²) >= 11 is 0. The molecule has 0 aliphatic rings. The van der Waals surface area contributed by atoms with Gasteiger partial charge in [0.1, 0.15) is 5.52 Å². The second kappa shape index (κ2) is 4.20. The third-order valence-corrected chi connectivity index (χ3v) is 3.62.